The summed E-state index contributed by atoms with van der Waals surface area (Å²) >= 11 is 0. The van der Waals surface area contributed by atoms with Crippen LogP contribution >= 0.6 is 0 Å². The van der Waals surface area contributed by atoms with Gasteiger partial charge in [0.2, 0.25) is 0 Å². The smallest absolute Gasteiger partial charge is 0.280 e. The fourth-order valence-corrected chi connectivity index (χ4v) is 3.88. The van der Waals surface area contributed by atoms with Gasteiger partial charge in [-0.2, -0.15) is 0 Å². The van der Waals surface area contributed by atoms with E-state index >= 15 is 0 Å². The predicted molar refractivity (Wildman–Crippen MR) is 87.1 cm³/mol. The number of fused-ring (bicyclic) bond motifs is 2. The van der Waals surface area contributed by atoms with E-state index in [2.05, 4.69) is 33.9 Å². The van der Waals surface area contributed by atoms with Crippen molar-refractivity contribution >= 4 is 0 Å². The van der Waals surface area contributed by atoms with Gasteiger partial charge in [-0.25, -0.2) is 0 Å². The van der Waals surface area contributed by atoms with Gasteiger partial charge in [-0.3, -0.25) is 19.2 Å². The van der Waals surface area contributed by atoms with Gasteiger partial charge in [0, 0.05) is 42.5 Å². The quantitative estimate of drug-likeness (QED) is 0.840. The minimum Gasteiger partial charge on any atom is -0.300 e. The SMILES string of the molecule is CC(C)N1CC[C@]2(CCn3c2nnc(-c2ccncc2)c3=O)C1. The third-order valence-electron chi connectivity index (χ3n) is 5.30. The zero-order chi connectivity index (χ0) is 16.0. The average Bonchev–Trinajstić information content (AvgIpc) is 3.15. The molecule has 0 radical (unpaired) electrons. The second kappa shape index (κ2) is 5.23. The van der Waals surface area contributed by atoms with Crippen molar-refractivity contribution in [3.05, 3.63) is 40.7 Å². The molecule has 6 nitrogen and oxygen atoms in total. The molecule has 4 rings (SSSR count). The number of pyridine rings is 1. The molecule has 0 bridgehead atoms. The fraction of sp³-hybridized carbons (Fsp3) is 0.529. The normalized spacial score (nSPS) is 23.8. The zero-order valence-electron chi connectivity index (χ0n) is 13.6. The topological polar surface area (TPSA) is 63.9 Å². The summed E-state index contributed by atoms with van der Waals surface area (Å²) in [6.07, 6.45) is 5.40. The van der Waals surface area contributed by atoms with Gasteiger partial charge >= 0.3 is 0 Å². The first-order valence-electron chi connectivity index (χ1n) is 8.23. The van der Waals surface area contributed by atoms with Gasteiger partial charge < -0.3 is 0 Å². The van der Waals surface area contributed by atoms with Crippen LogP contribution in [0, 0.1) is 0 Å². The highest BCUT2D eigenvalue weighted by Gasteiger charge is 2.47. The molecule has 2 aliphatic rings. The highest BCUT2D eigenvalue weighted by molar-refractivity contribution is 5.56. The summed E-state index contributed by atoms with van der Waals surface area (Å²) in [5, 5.41) is 8.77. The number of hydrogen-bond acceptors (Lipinski definition) is 5. The van der Waals surface area contributed by atoms with Crippen LogP contribution in [0.2, 0.25) is 0 Å². The molecule has 4 heterocycles. The average molecular weight is 311 g/mol. The molecule has 2 aromatic rings. The van der Waals surface area contributed by atoms with Gasteiger partial charge in [0.05, 0.1) is 0 Å². The Morgan fingerprint density at radius 2 is 1.87 bits per heavy atom. The number of nitrogens with zero attached hydrogens (tertiary/aromatic N) is 5. The van der Waals surface area contributed by atoms with Gasteiger partial charge in [-0.1, -0.05) is 0 Å². The van der Waals surface area contributed by atoms with Crippen LogP contribution in [0.1, 0.15) is 32.5 Å². The lowest BCUT2D eigenvalue weighted by Crippen LogP contribution is -2.35. The van der Waals surface area contributed by atoms with Gasteiger partial charge in [0.25, 0.3) is 5.56 Å². The molecule has 1 atom stereocenters. The minimum atomic E-state index is -0.0268. The third-order valence-corrected chi connectivity index (χ3v) is 5.30. The summed E-state index contributed by atoms with van der Waals surface area (Å²) in [5.74, 6) is 0.878. The molecule has 1 saturated heterocycles. The van der Waals surface area contributed by atoms with Crippen molar-refractivity contribution in [3.8, 4) is 11.3 Å². The first-order chi connectivity index (χ1) is 11.1. The molecule has 1 spiro atoms. The first kappa shape index (κ1) is 14.5. The Morgan fingerprint density at radius 3 is 2.57 bits per heavy atom. The molecule has 120 valence electrons. The maximum Gasteiger partial charge on any atom is 0.280 e. The molecule has 0 saturated carbocycles. The second-order valence-corrected chi connectivity index (χ2v) is 6.91. The summed E-state index contributed by atoms with van der Waals surface area (Å²) in [5.41, 5.74) is 1.18. The Kier molecular flexibility index (Phi) is 3.30. The van der Waals surface area contributed by atoms with Crippen LogP contribution in [-0.4, -0.2) is 43.8 Å². The summed E-state index contributed by atoms with van der Waals surface area (Å²) in [6.45, 7) is 7.24. The molecule has 0 unspecified atom stereocenters. The Balaban J connectivity index is 1.75. The molecule has 6 heteroatoms. The summed E-state index contributed by atoms with van der Waals surface area (Å²) in [6, 6.07) is 4.14. The maximum absolute atomic E-state index is 12.8. The van der Waals surface area contributed by atoms with Gasteiger partial charge in [0.15, 0.2) is 5.69 Å². The summed E-state index contributed by atoms with van der Waals surface area (Å²) in [7, 11) is 0. The van der Waals surface area contributed by atoms with Crippen LogP contribution in [0.3, 0.4) is 0 Å². The van der Waals surface area contributed by atoms with Crippen molar-refractivity contribution in [2.75, 3.05) is 13.1 Å². The Morgan fingerprint density at radius 1 is 1.13 bits per heavy atom. The van der Waals surface area contributed by atoms with Crippen molar-refractivity contribution < 1.29 is 0 Å². The van der Waals surface area contributed by atoms with E-state index in [1.54, 1.807) is 24.5 Å². The largest absolute Gasteiger partial charge is 0.300 e. The number of rotatable bonds is 2. The van der Waals surface area contributed by atoms with E-state index in [0.29, 0.717) is 11.7 Å². The zero-order valence-corrected chi connectivity index (χ0v) is 13.6. The van der Waals surface area contributed by atoms with Crippen LogP contribution in [0.25, 0.3) is 11.3 Å². The third kappa shape index (κ3) is 2.20. The van der Waals surface area contributed by atoms with Gasteiger partial charge in [-0.15, -0.1) is 10.2 Å². The maximum atomic E-state index is 12.8. The van der Waals surface area contributed by atoms with Crippen LogP contribution in [-0.2, 0) is 12.0 Å². The molecular weight excluding hydrogens is 290 g/mol. The number of likely N-dealkylation sites (tertiary alicyclic amines) is 1. The monoisotopic (exact) mass is 311 g/mol. The Bertz CT molecular complexity index is 785. The lowest BCUT2D eigenvalue weighted by atomic mass is 9.85. The summed E-state index contributed by atoms with van der Waals surface area (Å²) in [4.78, 5) is 19.3. The van der Waals surface area contributed by atoms with Crippen LogP contribution in [0.5, 0.6) is 0 Å². The molecule has 23 heavy (non-hydrogen) atoms. The van der Waals surface area contributed by atoms with E-state index in [4.69, 9.17) is 0 Å². The molecular formula is C17H21N5O. The lowest BCUT2D eigenvalue weighted by Gasteiger charge is -2.25. The molecule has 2 aliphatic heterocycles. The second-order valence-electron chi connectivity index (χ2n) is 6.91. The van der Waals surface area contributed by atoms with E-state index in [1.807, 2.05) is 4.57 Å². The Labute approximate surface area is 135 Å². The van der Waals surface area contributed by atoms with E-state index in [-0.39, 0.29) is 11.0 Å². The standard InChI is InChI=1S/C17H21N5O/c1-12(2)21-9-5-17(11-21)6-10-22-15(23)14(19-20-16(17)22)13-3-7-18-8-4-13/h3-4,7-8,12H,5-6,9-11H2,1-2H3/t17-/m0/s1. The fourth-order valence-electron chi connectivity index (χ4n) is 3.88. The number of hydrogen-bond donors (Lipinski definition) is 0. The molecule has 0 N–H and O–H groups in total. The van der Waals surface area contributed by atoms with Crippen molar-refractivity contribution in [2.45, 2.75) is 44.7 Å². The van der Waals surface area contributed by atoms with Crippen molar-refractivity contribution in [1.82, 2.24) is 24.6 Å². The first-order valence-corrected chi connectivity index (χ1v) is 8.23. The van der Waals surface area contributed by atoms with E-state index in [9.17, 15) is 4.79 Å². The molecule has 1 fully saturated rings. The van der Waals surface area contributed by atoms with E-state index < -0.39 is 0 Å². The number of aromatic nitrogens is 4. The summed E-state index contributed by atoms with van der Waals surface area (Å²) < 4.78 is 1.84. The Hall–Kier alpha value is -2.08. The van der Waals surface area contributed by atoms with Crippen LogP contribution in [0.15, 0.2) is 29.3 Å². The van der Waals surface area contributed by atoms with Gasteiger partial charge in [0.1, 0.15) is 5.82 Å². The van der Waals surface area contributed by atoms with Crippen LogP contribution in [0.4, 0.5) is 0 Å². The molecule has 0 aliphatic carbocycles. The molecule has 0 aromatic carbocycles. The molecule has 2 aromatic heterocycles. The van der Waals surface area contributed by atoms with Crippen LogP contribution < -0.4 is 5.56 Å². The lowest BCUT2D eigenvalue weighted by molar-refractivity contribution is 0.253. The minimum absolute atomic E-state index is 0.00715. The van der Waals surface area contributed by atoms with E-state index in [1.165, 1.54) is 0 Å². The van der Waals surface area contributed by atoms with Crippen molar-refractivity contribution in [2.24, 2.45) is 0 Å². The van der Waals surface area contributed by atoms with Crippen molar-refractivity contribution in [1.29, 1.82) is 0 Å². The van der Waals surface area contributed by atoms with Crippen molar-refractivity contribution in [3.63, 3.8) is 0 Å². The highest BCUT2D eigenvalue weighted by atomic mass is 16.1. The molecule has 0 amide bonds. The van der Waals surface area contributed by atoms with Gasteiger partial charge in [-0.05, 0) is 45.4 Å². The highest BCUT2D eigenvalue weighted by Crippen LogP contribution is 2.41. The van der Waals surface area contributed by atoms with E-state index in [0.717, 1.165) is 43.9 Å². The predicted octanol–water partition coefficient (Wildman–Crippen LogP) is 1.46.